The Balaban J connectivity index is 2.53. The highest BCUT2D eigenvalue weighted by Gasteiger charge is 1.96. The highest BCUT2D eigenvalue weighted by molar-refractivity contribution is 5.50. The van der Waals surface area contributed by atoms with Crippen LogP contribution in [-0.4, -0.2) is 18.3 Å². The molecule has 3 nitrogen and oxygen atoms in total. The van der Waals surface area contributed by atoms with Gasteiger partial charge in [0.25, 0.3) is 0 Å². The lowest BCUT2D eigenvalue weighted by molar-refractivity contribution is 0.233. The summed E-state index contributed by atoms with van der Waals surface area (Å²) in [5, 5.41) is 8.54. The van der Waals surface area contributed by atoms with E-state index in [4.69, 9.17) is 15.6 Å². The van der Waals surface area contributed by atoms with E-state index in [0.717, 1.165) is 17.0 Å². The maximum Gasteiger partial charge on any atom is 0.121 e. The van der Waals surface area contributed by atoms with Gasteiger partial charge in [-0.1, -0.05) is 6.07 Å². The second-order valence-electron chi connectivity index (χ2n) is 2.94. The fourth-order valence-corrected chi connectivity index (χ4v) is 0.963. The zero-order valence-electron chi connectivity index (χ0n) is 7.79. The van der Waals surface area contributed by atoms with Crippen LogP contribution in [0.15, 0.2) is 18.2 Å². The van der Waals surface area contributed by atoms with Crippen molar-refractivity contribution < 1.29 is 9.84 Å². The minimum Gasteiger partial charge on any atom is -0.493 e. The molecule has 0 aliphatic rings. The molecule has 72 valence electrons. The molecular weight excluding hydrogens is 166 g/mol. The molecule has 0 aliphatic carbocycles. The van der Waals surface area contributed by atoms with E-state index < -0.39 is 0 Å². The highest BCUT2D eigenvalue weighted by Crippen LogP contribution is 2.18. The number of aliphatic hydroxyl groups is 1. The number of aliphatic hydroxyl groups excluding tert-OH is 1. The van der Waals surface area contributed by atoms with Gasteiger partial charge in [-0.05, 0) is 18.6 Å². The van der Waals surface area contributed by atoms with Crippen LogP contribution < -0.4 is 10.5 Å². The van der Waals surface area contributed by atoms with Crippen molar-refractivity contribution in [3.63, 3.8) is 0 Å². The van der Waals surface area contributed by atoms with E-state index in [1.54, 1.807) is 6.07 Å². The summed E-state index contributed by atoms with van der Waals surface area (Å²) in [6.45, 7) is 2.63. The Hall–Kier alpha value is -1.22. The summed E-state index contributed by atoms with van der Waals surface area (Å²) in [5.41, 5.74) is 7.48. The fourth-order valence-electron chi connectivity index (χ4n) is 0.963. The third kappa shape index (κ3) is 2.95. The zero-order chi connectivity index (χ0) is 9.68. The van der Waals surface area contributed by atoms with E-state index in [2.05, 4.69) is 0 Å². The van der Waals surface area contributed by atoms with Crippen LogP contribution in [0, 0.1) is 6.92 Å². The van der Waals surface area contributed by atoms with Crippen molar-refractivity contribution in [1.82, 2.24) is 0 Å². The molecule has 0 radical (unpaired) electrons. The van der Waals surface area contributed by atoms with Gasteiger partial charge in [0.1, 0.15) is 5.75 Å². The number of rotatable bonds is 4. The van der Waals surface area contributed by atoms with Gasteiger partial charge in [0.15, 0.2) is 0 Å². The van der Waals surface area contributed by atoms with Gasteiger partial charge in [0.05, 0.1) is 6.61 Å². The van der Waals surface area contributed by atoms with Crippen molar-refractivity contribution in [2.75, 3.05) is 18.9 Å². The van der Waals surface area contributed by atoms with Crippen LogP contribution in [0.5, 0.6) is 5.75 Å². The summed E-state index contributed by atoms with van der Waals surface area (Å²) in [4.78, 5) is 0. The summed E-state index contributed by atoms with van der Waals surface area (Å²) in [5.74, 6) is 0.761. The zero-order valence-corrected chi connectivity index (χ0v) is 7.79. The van der Waals surface area contributed by atoms with Crippen LogP contribution in [-0.2, 0) is 0 Å². The van der Waals surface area contributed by atoms with Gasteiger partial charge in [-0.15, -0.1) is 0 Å². The summed E-state index contributed by atoms with van der Waals surface area (Å²) in [6, 6.07) is 5.60. The van der Waals surface area contributed by atoms with E-state index in [1.807, 2.05) is 19.1 Å². The minimum atomic E-state index is 0.154. The maximum absolute atomic E-state index is 8.54. The first kappa shape index (κ1) is 9.86. The Labute approximate surface area is 78.1 Å². The third-order valence-electron chi connectivity index (χ3n) is 1.82. The topological polar surface area (TPSA) is 55.5 Å². The number of anilines is 1. The quantitative estimate of drug-likeness (QED) is 0.544. The lowest BCUT2D eigenvalue weighted by Gasteiger charge is -2.06. The van der Waals surface area contributed by atoms with Gasteiger partial charge in [-0.3, -0.25) is 0 Å². The molecule has 0 aliphatic heterocycles. The standard InChI is InChI=1S/C10H15NO2/c1-8-3-4-9(7-10(8)11)13-6-2-5-12/h3-4,7,12H,2,5-6,11H2,1H3. The molecule has 3 N–H and O–H groups in total. The Kier molecular flexibility index (Phi) is 3.58. The number of aryl methyl sites for hydroxylation is 1. The molecule has 0 amide bonds. The number of ether oxygens (including phenoxy) is 1. The van der Waals surface area contributed by atoms with Gasteiger partial charge in [-0.2, -0.15) is 0 Å². The van der Waals surface area contributed by atoms with Gasteiger partial charge < -0.3 is 15.6 Å². The summed E-state index contributed by atoms with van der Waals surface area (Å²) in [6.07, 6.45) is 0.647. The number of benzene rings is 1. The summed E-state index contributed by atoms with van der Waals surface area (Å²) < 4.78 is 5.34. The van der Waals surface area contributed by atoms with E-state index >= 15 is 0 Å². The maximum atomic E-state index is 8.54. The molecular formula is C10H15NO2. The second-order valence-corrected chi connectivity index (χ2v) is 2.94. The van der Waals surface area contributed by atoms with Gasteiger partial charge in [0.2, 0.25) is 0 Å². The largest absolute Gasteiger partial charge is 0.493 e. The van der Waals surface area contributed by atoms with Crippen molar-refractivity contribution in [3.8, 4) is 5.75 Å². The van der Waals surface area contributed by atoms with Crippen molar-refractivity contribution in [2.45, 2.75) is 13.3 Å². The van der Waals surface area contributed by atoms with E-state index in [-0.39, 0.29) is 6.61 Å². The first-order valence-electron chi connectivity index (χ1n) is 4.34. The van der Waals surface area contributed by atoms with Crippen LogP contribution in [0.4, 0.5) is 5.69 Å². The Morgan fingerprint density at radius 2 is 2.23 bits per heavy atom. The van der Waals surface area contributed by atoms with Crippen molar-refractivity contribution >= 4 is 5.69 Å². The summed E-state index contributed by atoms with van der Waals surface area (Å²) >= 11 is 0. The average Bonchev–Trinajstić information content (AvgIpc) is 2.12. The first-order valence-corrected chi connectivity index (χ1v) is 4.34. The minimum absolute atomic E-state index is 0.154. The predicted molar refractivity (Wildman–Crippen MR) is 52.8 cm³/mol. The van der Waals surface area contributed by atoms with Gasteiger partial charge in [0, 0.05) is 24.8 Å². The molecule has 0 fully saturated rings. The fraction of sp³-hybridized carbons (Fsp3) is 0.400. The third-order valence-corrected chi connectivity index (χ3v) is 1.82. The second kappa shape index (κ2) is 4.72. The van der Waals surface area contributed by atoms with Gasteiger partial charge in [-0.25, -0.2) is 0 Å². The van der Waals surface area contributed by atoms with Crippen LogP contribution in [0.3, 0.4) is 0 Å². The normalized spacial score (nSPS) is 10.0. The summed E-state index contributed by atoms with van der Waals surface area (Å²) in [7, 11) is 0. The van der Waals surface area contributed by atoms with Crippen LogP contribution in [0.1, 0.15) is 12.0 Å². The van der Waals surface area contributed by atoms with Crippen molar-refractivity contribution in [2.24, 2.45) is 0 Å². The molecule has 1 aromatic carbocycles. The molecule has 0 heterocycles. The molecule has 1 rings (SSSR count). The molecule has 13 heavy (non-hydrogen) atoms. The molecule has 0 aromatic heterocycles. The SMILES string of the molecule is Cc1ccc(OCCCO)cc1N. The monoisotopic (exact) mass is 181 g/mol. The lowest BCUT2D eigenvalue weighted by atomic mass is 10.2. The Morgan fingerprint density at radius 3 is 2.85 bits per heavy atom. The number of nitrogen functional groups attached to an aromatic ring is 1. The van der Waals surface area contributed by atoms with Crippen LogP contribution in [0.2, 0.25) is 0 Å². The Bertz CT molecular complexity index is 274. The molecule has 1 aromatic rings. The predicted octanol–water partition coefficient (Wildman–Crippen LogP) is 1.34. The van der Waals surface area contributed by atoms with E-state index in [9.17, 15) is 0 Å². The van der Waals surface area contributed by atoms with E-state index in [1.165, 1.54) is 0 Å². The van der Waals surface area contributed by atoms with Crippen LogP contribution >= 0.6 is 0 Å². The average molecular weight is 181 g/mol. The molecule has 0 bridgehead atoms. The van der Waals surface area contributed by atoms with E-state index in [0.29, 0.717) is 13.0 Å². The van der Waals surface area contributed by atoms with Crippen LogP contribution in [0.25, 0.3) is 0 Å². The molecule has 0 saturated carbocycles. The first-order chi connectivity index (χ1) is 6.24. The molecule has 0 unspecified atom stereocenters. The number of hydrogen-bond acceptors (Lipinski definition) is 3. The molecule has 0 atom stereocenters. The smallest absolute Gasteiger partial charge is 0.121 e. The molecule has 0 spiro atoms. The highest BCUT2D eigenvalue weighted by atomic mass is 16.5. The van der Waals surface area contributed by atoms with Crippen molar-refractivity contribution in [3.05, 3.63) is 23.8 Å². The Morgan fingerprint density at radius 1 is 1.46 bits per heavy atom. The number of nitrogens with two attached hydrogens (primary N) is 1. The number of hydrogen-bond donors (Lipinski definition) is 2. The molecule has 0 saturated heterocycles. The van der Waals surface area contributed by atoms with Gasteiger partial charge >= 0.3 is 0 Å². The molecule has 3 heteroatoms. The lowest BCUT2D eigenvalue weighted by Crippen LogP contribution is -2.00. The van der Waals surface area contributed by atoms with Crippen molar-refractivity contribution in [1.29, 1.82) is 0 Å².